The van der Waals surface area contributed by atoms with Crippen LogP contribution in [0.15, 0.2) is 28.9 Å². The van der Waals surface area contributed by atoms with E-state index in [4.69, 9.17) is 5.73 Å². The molecule has 2 N–H and O–H groups in total. The summed E-state index contributed by atoms with van der Waals surface area (Å²) in [5, 5.41) is 4.32. The van der Waals surface area contributed by atoms with Crippen molar-refractivity contribution in [3.63, 3.8) is 0 Å². The maximum Gasteiger partial charge on any atom is 0.0696 e. The summed E-state index contributed by atoms with van der Waals surface area (Å²) < 4.78 is 2.95. The maximum absolute atomic E-state index is 6.36. The first-order valence-electron chi connectivity index (χ1n) is 6.55. The average Bonchev–Trinajstić information content (AvgIpc) is 2.68. The zero-order valence-corrected chi connectivity index (χ0v) is 13.2. The molecule has 0 amide bonds. The van der Waals surface area contributed by atoms with Gasteiger partial charge in [0.05, 0.1) is 22.4 Å². The predicted octanol–water partition coefficient (Wildman–Crippen LogP) is 3.52. The highest BCUT2D eigenvalue weighted by Gasteiger charge is 2.16. The van der Waals surface area contributed by atoms with Gasteiger partial charge in [0.2, 0.25) is 0 Å². The molecule has 1 aromatic carbocycles. The molecule has 0 spiro atoms. The monoisotopic (exact) mass is 321 g/mol. The molecule has 1 unspecified atom stereocenters. The minimum atomic E-state index is -0.0435. The third-order valence-electron chi connectivity index (χ3n) is 3.22. The van der Waals surface area contributed by atoms with Gasteiger partial charge in [-0.1, -0.05) is 29.3 Å². The van der Waals surface area contributed by atoms with Crippen molar-refractivity contribution in [1.82, 2.24) is 9.78 Å². The molecular weight excluding hydrogens is 302 g/mol. The van der Waals surface area contributed by atoms with Crippen LogP contribution in [0.25, 0.3) is 0 Å². The summed E-state index contributed by atoms with van der Waals surface area (Å²) in [6, 6.07) is 6.54. The number of aryl methyl sites for hydroxylation is 3. The zero-order valence-electron chi connectivity index (χ0n) is 11.7. The van der Waals surface area contributed by atoms with Crippen molar-refractivity contribution in [3.05, 3.63) is 51.3 Å². The van der Waals surface area contributed by atoms with Gasteiger partial charge in [0.1, 0.15) is 0 Å². The molecule has 0 aliphatic rings. The van der Waals surface area contributed by atoms with E-state index >= 15 is 0 Å². The fourth-order valence-corrected chi connectivity index (χ4v) is 3.12. The Kier molecular flexibility index (Phi) is 4.42. The first-order chi connectivity index (χ1) is 9.01. The van der Waals surface area contributed by atoms with Crippen LogP contribution in [-0.2, 0) is 13.0 Å². The molecule has 0 fully saturated rings. The van der Waals surface area contributed by atoms with Gasteiger partial charge in [-0.25, -0.2) is 0 Å². The van der Waals surface area contributed by atoms with Gasteiger partial charge in [0, 0.05) is 6.54 Å². The Hall–Kier alpha value is -1.13. The highest BCUT2D eigenvalue weighted by molar-refractivity contribution is 9.10. The van der Waals surface area contributed by atoms with Gasteiger partial charge >= 0.3 is 0 Å². The van der Waals surface area contributed by atoms with E-state index in [2.05, 4.69) is 60.0 Å². The van der Waals surface area contributed by atoms with Gasteiger partial charge in [-0.3, -0.25) is 4.68 Å². The smallest absolute Gasteiger partial charge is 0.0696 e. The molecule has 19 heavy (non-hydrogen) atoms. The molecule has 102 valence electrons. The van der Waals surface area contributed by atoms with E-state index in [-0.39, 0.29) is 6.04 Å². The van der Waals surface area contributed by atoms with Crippen LogP contribution in [-0.4, -0.2) is 9.78 Å². The van der Waals surface area contributed by atoms with Crippen molar-refractivity contribution in [3.8, 4) is 0 Å². The minimum absolute atomic E-state index is 0.0435. The molecule has 4 heteroatoms. The van der Waals surface area contributed by atoms with Crippen molar-refractivity contribution in [2.45, 2.75) is 39.8 Å². The first kappa shape index (κ1) is 14.3. The topological polar surface area (TPSA) is 43.8 Å². The molecule has 3 nitrogen and oxygen atoms in total. The number of nitrogens with two attached hydrogens (primary N) is 1. The van der Waals surface area contributed by atoms with E-state index in [1.54, 1.807) is 0 Å². The van der Waals surface area contributed by atoms with Crippen LogP contribution in [0.2, 0.25) is 0 Å². The van der Waals surface area contributed by atoms with Crippen LogP contribution in [0.1, 0.15) is 35.3 Å². The Morgan fingerprint density at radius 3 is 2.47 bits per heavy atom. The second-order valence-electron chi connectivity index (χ2n) is 5.00. The van der Waals surface area contributed by atoms with Crippen molar-refractivity contribution >= 4 is 15.9 Å². The summed E-state index contributed by atoms with van der Waals surface area (Å²) in [5.74, 6) is 0. The van der Waals surface area contributed by atoms with Crippen LogP contribution in [0, 0.1) is 13.8 Å². The number of halogens is 1. The first-order valence-corrected chi connectivity index (χ1v) is 7.34. The number of hydrogen-bond donors (Lipinski definition) is 1. The second-order valence-corrected chi connectivity index (χ2v) is 5.85. The summed E-state index contributed by atoms with van der Waals surface area (Å²) in [7, 11) is 0. The second kappa shape index (κ2) is 5.88. The van der Waals surface area contributed by atoms with E-state index in [0.29, 0.717) is 0 Å². The summed E-state index contributed by atoms with van der Waals surface area (Å²) in [4.78, 5) is 0. The van der Waals surface area contributed by atoms with E-state index in [1.165, 1.54) is 16.7 Å². The Morgan fingerprint density at radius 2 is 1.89 bits per heavy atom. The summed E-state index contributed by atoms with van der Waals surface area (Å²) >= 11 is 3.54. The van der Waals surface area contributed by atoms with Crippen molar-refractivity contribution in [2.24, 2.45) is 5.73 Å². The van der Waals surface area contributed by atoms with Crippen LogP contribution in [0.4, 0.5) is 0 Å². The molecule has 2 rings (SSSR count). The molecule has 2 aromatic rings. The summed E-state index contributed by atoms with van der Waals surface area (Å²) in [6.45, 7) is 7.15. The molecule has 0 radical (unpaired) electrons. The minimum Gasteiger partial charge on any atom is -0.322 e. The van der Waals surface area contributed by atoms with E-state index in [1.807, 2.05) is 10.9 Å². The SMILES string of the molecule is CCn1ncc(Br)c1C(N)Cc1cc(C)cc(C)c1. The molecule has 0 saturated carbocycles. The lowest BCUT2D eigenvalue weighted by Crippen LogP contribution is -2.19. The van der Waals surface area contributed by atoms with Gasteiger partial charge in [-0.2, -0.15) is 5.10 Å². The molecule has 1 atom stereocenters. The number of nitrogens with zero attached hydrogens (tertiary/aromatic N) is 2. The lowest BCUT2D eigenvalue weighted by molar-refractivity contribution is 0.567. The Bertz CT molecular complexity index is 555. The van der Waals surface area contributed by atoms with Gasteiger partial charge in [-0.15, -0.1) is 0 Å². The summed E-state index contributed by atoms with van der Waals surface area (Å²) in [6.07, 6.45) is 2.65. The van der Waals surface area contributed by atoms with E-state index in [0.717, 1.165) is 23.1 Å². The largest absolute Gasteiger partial charge is 0.322 e. The fraction of sp³-hybridized carbons (Fsp3) is 0.400. The van der Waals surface area contributed by atoms with Crippen molar-refractivity contribution < 1.29 is 0 Å². The van der Waals surface area contributed by atoms with Crippen LogP contribution in [0.5, 0.6) is 0 Å². The maximum atomic E-state index is 6.36. The number of rotatable bonds is 4. The molecule has 1 aromatic heterocycles. The Balaban J connectivity index is 2.25. The van der Waals surface area contributed by atoms with Gasteiger partial charge < -0.3 is 5.73 Å². The number of aromatic nitrogens is 2. The van der Waals surface area contributed by atoms with Crippen LogP contribution >= 0.6 is 15.9 Å². The third kappa shape index (κ3) is 3.25. The van der Waals surface area contributed by atoms with Crippen LogP contribution < -0.4 is 5.73 Å². The van der Waals surface area contributed by atoms with Crippen LogP contribution in [0.3, 0.4) is 0 Å². The Labute approximate surface area is 122 Å². The fourth-order valence-electron chi connectivity index (χ4n) is 2.53. The summed E-state index contributed by atoms with van der Waals surface area (Å²) in [5.41, 5.74) is 11.3. The lowest BCUT2D eigenvalue weighted by Gasteiger charge is -2.15. The molecule has 1 heterocycles. The standard InChI is InChI=1S/C15H20BrN3/c1-4-19-15(13(16)9-18-19)14(17)8-12-6-10(2)5-11(3)7-12/h5-7,9,14H,4,8,17H2,1-3H3. The van der Waals surface area contributed by atoms with Crippen molar-refractivity contribution in [1.29, 1.82) is 0 Å². The molecule has 0 bridgehead atoms. The number of hydrogen-bond acceptors (Lipinski definition) is 2. The molecule has 0 saturated heterocycles. The average molecular weight is 322 g/mol. The zero-order chi connectivity index (χ0) is 14.0. The molecule has 0 aliphatic heterocycles. The molecular formula is C15H20BrN3. The van der Waals surface area contributed by atoms with E-state index < -0.39 is 0 Å². The Morgan fingerprint density at radius 1 is 1.26 bits per heavy atom. The number of benzene rings is 1. The quantitative estimate of drug-likeness (QED) is 0.936. The highest BCUT2D eigenvalue weighted by Crippen LogP contribution is 2.25. The normalized spacial score (nSPS) is 12.7. The van der Waals surface area contributed by atoms with Gasteiger partial charge in [-0.05, 0) is 48.7 Å². The third-order valence-corrected chi connectivity index (χ3v) is 3.83. The van der Waals surface area contributed by atoms with Crippen molar-refractivity contribution in [2.75, 3.05) is 0 Å². The van der Waals surface area contributed by atoms with E-state index in [9.17, 15) is 0 Å². The lowest BCUT2D eigenvalue weighted by atomic mass is 10.00. The molecule has 0 aliphatic carbocycles. The highest BCUT2D eigenvalue weighted by atomic mass is 79.9. The van der Waals surface area contributed by atoms with Gasteiger partial charge in [0.25, 0.3) is 0 Å². The van der Waals surface area contributed by atoms with Gasteiger partial charge in [0.15, 0.2) is 0 Å². The predicted molar refractivity (Wildman–Crippen MR) is 82.1 cm³/mol.